The summed E-state index contributed by atoms with van der Waals surface area (Å²) in [6.07, 6.45) is 0. The smallest absolute Gasteiger partial charge is 0.315 e. The summed E-state index contributed by atoms with van der Waals surface area (Å²) in [6, 6.07) is 12.8. The number of benzene rings is 2. The van der Waals surface area contributed by atoms with Crippen molar-refractivity contribution < 1.29 is 14.3 Å². The van der Waals surface area contributed by atoms with Crippen molar-refractivity contribution in [2.24, 2.45) is 0 Å². The second-order valence-corrected chi connectivity index (χ2v) is 4.76. The first-order valence-electron chi connectivity index (χ1n) is 5.32. The van der Waals surface area contributed by atoms with Gasteiger partial charge in [-0.25, -0.2) is 4.39 Å². The maximum atomic E-state index is 13.7. The zero-order chi connectivity index (χ0) is 13.1. The van der Waals surface area contributed by atoms with E-state index >= 15 is 0 Å². The Kier molecular flexibility index (Phi) is 3.77. The molecule has 18 heavy (non-hydrogen) atoms. The Morgan fingerprint density at radius 3 is 2.28 bits per heavy atom. The minimum absolute atomic E-state index is 0.173. The second kappa shape index (κ2) is 5.31. The molecule has 0 aliphatic rings. The van der Waals surface area contributed by atoms with Gasteiger partial charge in [-0.15, -0.1) is 0 Å². The third kappa shape index (κ3) is 2.59. The van der Waals surface area contributed by atoms with Crippen LogP contribution in [-0.4, -0.2) is 11.1 Å². The van der Waals surface area contributed by atoms with E-state index in [2.05, 4.69) is 15.9 Å². The Bertz CT molecular complexity index is 566. The monoisotopic (exact) mass is 308 g/mol. The van der Waals surface area contributed by atoms with E-state index in [9.17, 15) is 14.3 Å². The molecule has 4 heteroatoms. The van der Waals surface area contributed by atoms with Crippen LogP contribution in [0, 0.1) is 5.82 Å². The molecular formula is C14H10BrFO2. The molecule has 0 saturated heterocycles. The van der Waals surface area contributed by atoms with Gasteiger partial charge in [0.05, 0.1) is 0 Å². The van der Waals surface area contributed by atoms with Gasteiger partial charge in [0, 0.05) is 10.0 Å². The normalized spacial score (nSPS) is 12.1. The largest absolute Gasteiger partial charge is 0.481 e. The first kappa shape index (κ1) is 12.8. The fourth-order valence-electron chi connectivity index (χ4n) is 1.82. The van der Waals surface area contributed by atoms with E-state index in [1.807, 2.05) is 0 Å². The fraction of sp³-hybridized carbons (Fsp3) is 0.0714. The SMILES string of the molecule is O=C(O)C(c1ccc(Br)cc1)c1ccccc1F. The topological polar surface area (TPSA) is 37.3 Å². The number of carboxylic acids is 1. The van der Waals surface area contributed by atoms with Crippen molar-refractivity contribution in [3.8, 4) is 0 Å². The summed E-state index contributed by atoms with van der Waals surface area (Å²) in [6.45, 7) is 0. The van der Waals surface area contributed by atoms with Gasteiger partial charge < -0.3 is 5.11 Å². The third-order valence-electron chi connectivity index (χ3n) is 2.67. The highest BCUT2D eigenvalue weighted by Crippen LogP contribution is 2.28. The molecule has 2 aromatic rings. The minimum atomic E-state index is -1.07. The summed E-state index contributed by atoms with van der Waals surface area (Å²) in [5.74, 6) is -2.56. The minimum Gasteiger partial charge on any atom is -0.481 e. The lowest BCUT2D eigenvalue weighted by Gasteiger charge is -2.14. The van der Waals surface area contributed by atoms with E-state index < -0.39 is 17.7 Å². The summed E-state index contributed by atoms with van der Waals surface area (Å²) in [7, 11) is 0. The zero-order valence-corrected chi connectivity index (χ0v) is 10.9. The van der Waals surface area contributed by atoms with Gasteiger partial charge in [-0.3, -0.25) is 4.79 Å². The van der Waals surface area contributed by atoms with Gasteiger partial charge in [0.25, 0.3) is 0 Å². The highest BCUT2D eigenvalue weighted by Gasteiger charge is 2.24. The molecule has 0 amide bonds. The van der Waals surface area contributed by atoms with Crippen LogP contribution in [0.3, 0.4) is 0 Å². The van der Waals surface area contributed by atoms with Crippen molar-refractivity contribution in [3.63, 3.8) is 0 Å². The van der Waals surface area contributed by atoms with Crippen LogP contribution in [0.25, 0.3) is 0 Å². The lowest BCUT2D eigenvalue weighted by atomic mass is 9.91. The first-order valence-corrected chi connectivity index (χ1v) is 6.11. The number of rotatable bonds is 3. The molecule has 0 saturated carbocycles. The number of halogens is 2. The molecule has 0 aliphatic carbocycles. The molecule has 0 fully saturated rings. The number of hydrogen-bond acceptors (Lipinski definition) is 1. The first-order chi connectivity index (χ1) is 8.59. The highest BCUT2D eigenvalue weighted by molar-refractivity contribution is 9.10. The molecule has 2 nitrogen and oxygen atoms in total. The van der Waals surface area contributed by atoms with Gasteiger partial charge in [-0.05, 0) is 23.8 Å². The van der Waals surface area contributed by atoms with Crippen LogP contribution in [0.5, 0.6) is 0 Å². The van der Waals surface area contributed by atoms with Crippen molar-refractivity contribution in [3.05, 3.63) is 69.9 Å². The van der Waals surface area contributed by atoms with Crippen LogP contribution >= 0.6 is 15.9 Å². The molecule has 0 aromatic heterocycles. The van der Waals surface area contributed by atoms with Crippen LogP contribution in [0.1, 0.15) is 17.0 Å². The zero-order valence-electron chi connectivity index (χ0n) is 9.31. The highest BCUT2D eigenvalue weighted by atomic mass is 79.9. The molecule has 0 radical (unpaired) electrons. The van der Waals surface area contributed by atoms with Gasteiger partial charge in [0.15, 0.2) is 0 Å². The van der Waals surface area contributed by atoms with Gasteiger partial charge >= 0.3 is 5.97 Å². The Morgan fingerprint density at radius 1 is 1.11 bits per heavy atom. The molecule has 0 aliphatic heterocycles. The molecule has 2 rings (SSSR count). The van der Waals surface area contributed by atoms with Crippen LogP contribution in [-0.2, 0) is 4.79 Å². The van der Waals surface area contributed by atoms with Gasteiger partial charge in [0.1, 0.15) is 11.7 Å². The maximum absolute atomic E-state index is 13.7. The number of carboxylic acid groups (broad SMARTS) is 1. The maximum Gasteiger partial charge on any atom is 0.315 e. The standard InChI is InChI=1S/C14H10BrFO2/c15-10-7-5-9(6-8-10)13(14(17)18)11-3-1-2-4-12(11)16/h1-8,13H,(H,17,18). The average Bonchev–Trinajstić information content (AvgIpc) is 2.34. The molecule has 2 aromatic carbocycles. The van der Waals surface area contributed by atoms with E-state index in [0.717, 1.165) is 4.47 Å². The summed E-state index contributed by atoms with van der Waals surface area (Å²) < 4.78 is 14.5. The molecular weight excluding hydrogens is 299 g/mol. The summed E-state index contributed by atoms with van der Waals surface area (Å²) >= 11 is 3.28. The van der Waals surface area contributed by atoms with Crippen molar-refractivity contribution in [2.75, 3.05) is 0 Å². The van der Waals surface area contributed by atoms with Gasteiger partial charge in [0.2, 0.25) is 0 Å². The second-order valence-electron chi connectivity index (χ2n) is 3.84. The molecule has 0 spiro atoms. The van der Waals surface area contributed by atoms with Crippen LogP contribution in [0.4, 0.5) is 4.39 Å². The van der Waals surface area contributed by atoms with Crippen molar-refractivity contribution in [1.29, 1.82) is 0 Å². The molecule has 92 valence electrons. The number of aliphatic carboxylic acids is 1. The Hall–Kier alpha value is -1.68. The molecule has 0 bridgehead atoms. The van der Waals surface area contributed by atoms with E-state index in [4.69, 9.17) is 0 Å². The van der Waals surface area contributed by atoms with E-state index in [0.29, 0.717) is 5.56 Å². The number of carbonyl (C=O) groups is 1. The number of hydrogen-bond donors (Lipinski definition) is 1. The molecule has 0 heterocycles. The predicted octanol–water partition coefficient (Wildman–Crippen LogP) is 3.80. The lowest BCUT2D eigenvalue weighted by molar-refractivity contribution is -0.137. The summed E-state index contributed by atoms with van der Waals surface area (Å²) in [5.41, 5.74) is 0.725. The predicted molar refractivity (Wildman–Crippen MR) is 70.0 cm³/mol. The van der Waals surface area contributed by atoms with Crippen molar-refractivity contribution in [2.45, 2.75) is 5.92 Å². The van der Waals surface area contributed by atoms with Gasteiger partial charge in [-0.1, -0.05) is 46.3 Å². The average molecular weight is 309 g/mol. The summed E-state index contributed by atoms with van der Waals surface area (Å²) in [5, 5.41) is 9.30. The van der Waals surface area contributed by atoms with Crippen molar-refractivity contribution >= 4 is 21.9 Å². The lowest BCUT2D eigenvalue weighted by Crippen LogP contribution is -2.14. The fourth-order valence-corrected chi connectivity index (χ4v) is 2.08. The third-order valence-corrected chi connectivity index (χ3v) is 3.20. The molecule has 1 N–H and O–H groups in total. The Labute approximate surface area is 112 Å². The van der Waals surface area contributed by atoms with Crippen LogP contribution in [0.2, 0.25) is 0 Å². The van der Waals surface area contributed by atoms with Crippen LogP contribution in [0.15, 0.2) is 53.0 Å². The van der Waals surface area contributed by atoms with E-state index in [1.165, 1.54) is 12.1 Å². The Balaban J connectivity index is 2.50. The molecule has 1 unspecified atom stereocenters. The van der Waals surface area contributed by atoms with Crippen molar-refractivity contribution in [1.82, 2.24) is 0 Å². The Morgan fingerprint density at radius 2 is 1.72 bits per heavy atom. The van der Waals surface area contributed by atoms with Gasteiger partial charge in [-0.2, -0.15) is 0 Å². The molecule has 1 atom stereocenters. The van der Waals surface area contributed by atoms with E-state index in [1.54, 1.807) is 36.4 Å². The van der Waals surface area contributed by atoms with Crippen LogP contribution < -0.4 is 0 Å². The van der Waals surface area contributed by atoms with E-state index in [-0.39, 0.29) is 5.56 Å². The quantitative estimate of drug-likeness (QED) is 0.936. The summed E-state index contributed by atoms with van der Waals surface area (Å²) in [4.78, 5) is 11.4.